The van der Waals surface area contributed by atoms with Crippen LogP contribution in [0.25, 0.3) is 10.9 Å². The van der Waals surface area contributed by atoms with E-state index in [0.29, 0.717) is 18.4 Å². The fraction of sp³-hybridized carbons (Fsp3) is 0.652. The molecule has 1 aliphatic heterocycles. The molecule has 27 heavy (non-hydrogen) atoms. The smallest absolute Gasteiger partial charge is 0.125 e. The summed E-state index contributed by atoms with van der Waals surface area (Å²) in [6.07, 6.45) is 8.98. The van der Waals surface area contributed by atoms with Crippen molar-refractivity contribution in [2.24, 2.45) is 0 Å². The molecule has 3 aliphatic rings. The molecule has 1 aromatic carbocycles. The highest BCUT2D eigenvalue weighted by Crippen LogP contribution is 2.49. The number of nitrogens with zero attached hydrogens (tertiary/aromatic N) is 2. The number of aliphatic hydroxyl groups excluding tert-OH is 1. The van der Waals surface area contributed by atoms with Crippen LogP contribution in [0.5, 0.6) is 0 Å². The molecule has 146 valence electrons. The maximum absolute atomic E-state index is 11.0. The van der Waals surface area contributed by atoms with Crippen LogP contribution >= 0.6 is 0 Å². The Kier molecular flexibility index (Phi) is 4.97. The van der Waals surface area contributed by atoms with E-state index in [4.69, 9.17) is 4.74 Å². The number of morpholine rings is 1. The van der Waals surface area contributed by atoms with Gasteiger partial charge in [0.05, 0.1) is 19.8 Å². The lowest BCUT2D eigenvalue weighted by atomic mass is 9.82. The summed E-state index contributed by atoms with van der Waals surface area (Å²) in [6.45, 7) is 3.79. The number of rotatable bonds is 5. The Balaban J connectivity index is 1.55. The molecule has 2 heterocycles. The Hall–Kier alpha value is -1.36. The minimum absolute atomic E-state index is 0.429. The van der Waals surface area contributed by atoms with E-state index in [0.717, 1.165) is 26.3 Å². The van der Waals surface area contributed by atoms with Gasteiger partial charge >= 0.3 is 0 Å². The predicted octanol–water partition coefficient (Wildman–Crippen LogP) is 4.22. The summed E-state index contributed by atoms with van der Waals surface area (Å²) in [7, 11) is 0. The second-order valence-electron chi connectivity index (χ2n) is 8.66. The summed E-state index contributed by atoms with van der Waals surface area (Å²) in [5.41, 5.74) is 4.50. The molecule has 2 aliphatic carbocycles. The van der Waals surface area contributed by atoms with E-state index in [1.54, 1.807) is 11.3 Å². The molecule has 1 unspecified atom stereocenters. The Bertz CT molecular complexity index is 783. The number of para-hydroxylation sites is 1. The molecule has 0 bridgehead atoms. The van der Waals surface area contributed by atoms with Crippen LogP contribution in [0.3, 0.4) is 0 Å². The van der Waals surface area contributed by atoms with Crippen molar-refractivity contribution >= 4 is 10.9 Å². The van der Waals surface area contributed by atoms with Crippen molar-refractivity contribution in [1.82, 2.24) is 9.47 Å². The fourth-order valence-electron chi connectivity index (χ4n) is 5.32. The van der Waals surface area contributed by atoms with Crippen molar-refractivity contribution in [3.05, 3.63) is 35.5 Å². The SMILES string of the molecule is OC(Cn1c(C2CC2)c(C2CCCCC2)c2ccccc21)N1CCOCC1. The van der Waals surface area contributed by atoms with E-state index in [1.165, 1.54) is 55.8 Å². The number of aliphatic hydroxyl groups is 1. The van der Waals surface area contributed by atoms with Crippen molar-refractivity contribution in [3.8, 4) is 0 Å². The first-order valence-corrected chi connectivity index (χ1v) is 10.9. The van der Waals surface area contributed by atoms with Gasteiger partial charge in [0.15, 0.2) is 0 Å². The minimum Gasteiger partial charge on any atom is -0.379 e. The van der Waals surface area contributed by atoms with Gasteiger partial charge in [-0.3, -0.25) is 4.90 Å². The topological polar surface area (TPSA) is 37.6 Å². The van der Waals surface area contributed by atoms with Gasteiger partial charge in [-0.1, -0.05) is 37.5 Å². The van der Waals surface area contributed by atoms with Gasteiger partial charge in [-0.25, -0.2) is 0 Å². The third kappa shape index (κ3) is 3.43. The number of ether oxygens (including phenoxy) is 1. The molecule has 4 nitrogen and oxygen atoms in total. The van der Waals surface area contributed by atoms with Crippen LogP contribution < -0.4 is 0 Å². The lowest BCUT2D eigenvalue weighted by Gasteiger charge is -2.32. The van der Waals surface area contributed by atoms with Gasteiger partial charge in [-0.05, 0) is 49.1 Å². The molecule has 1 saturated heterocycles. The molecule has 2 aromatic rings. The summed E-state index contributed by atoms with van der Waals surface area (Å²) in [4.78, 5) is 2.18. The molecule has 0 radical (unpaired) electrons. The van der Waals surface area contributed by atoms with E-state index in [2.05, 4.69) is 33.7 Å². The molecule has 4 heteroatoms. The Labute approximate surface area is 162 Å². The van der Waals surface area contributed by atoms with E-state index >= 15 is 0 Å². The second-order valence-corrected chi connectivity index (χ2v) is 8.66. The summed E-state index contributed by atoms with van der Waals surface area (Å²) in [6, 6.07) is 8.93. The first-order chi connectivity index (χ1) is 13.3. The normalized spacial score (nSPS) is 23.7. The second kappa shape index (κ2) is 7.57. The lowest BCUT2D eigenvalue weighted by Crippen LogP contribution is -2.45. The van der Waals surface area contributed by atoms with Gasteiger partial charge in [0.1, 0.15) is 6.23 Å². The molecule has 1 N–H and O–H groups in total. The van der Waals surface area contributed by atoms with Gasteiger partial charge in [0, 0.05) is 29.7 Å². The van der Waals surface area contributed by atoms with Crippen molar-refractivity contribution in [1.29, 1.82) is 0 Å². The van der Waals surface area contributed by atoms with Gasteiger partial charge < -0.3 is 14.4 Å². The van der Waals surface area contributed by atoms with E-state index in [1.807, 2.05) is 0 Å². The van der Waals surface area contributed by atoms with E-state index in [9.17, 15) is 5.11 Å². The summed E-state index contributed by atoms with van der Waals surface area (Å²) in [5.74, 6) is 1.41. The van der Waals surface area contributed by atoms with Gasteiger partial charge in [-0.15, -0.1) is 0 Å². The quantitative estimate of drug-likeness (QED) is 0.859. The fourth-order valence-corrected chi connectivity index (χ4v) is 5.32. The average Bonchev–Trinajstić information content (AvgIpc) is 3.52. The van der Waals surface area contributed by atoms with E-state index in [-0.39, 0.29) is 0 Å². The highest BCUT2D eigenvalue weighted by atomic mass is 16.5. The van der Waals surface area contributed by atoms with Gasteiger partial charge in [0.25, 0.3) is 0 Å². The zero-order valence-corrected chi connectivity index (χ0v) is 16.3. The number of aromatic nitrogens is 1. The molecule has 1 atom stereocenters. The molecular formula is C23H32N2O2. The van der Waals surface area contributed by atoms with Crippen LogP contribution in [-0.4, -0.2) is 47.1 Å². The monoisotopic (exact) mass is 368 g/mol. The highest BCUT2D eigenvalue weighted by molar-refractivity contribution is 5.86. The predicted molar refractivity (Wildman–Crippen MR) is 108 cm³/mol. The molecule has 5 rings (SSSR count). The van der Waals surface area contributed by atoms with Crippen molar-refractivity contribution in [3.63, 3.8) is 0 Å². The Morgan fingerprint density at radius 2 is 1.70 bits per heavy atom. The van der Waals surface area contributed by atoms with Crippen LogP contribution in [0, 0.1) is 0 Å². The minimum atomic E-state index is -0.429. The number of hydrogen-bond acceptors (Lipinski definition) is 3. The zero-order valence-electron chi connectivity index (χ0n) is 16.3. The third-order valence-corrected chi connectivity index (χ3v) is 6.84. The standard InChI is InChI=1S/C23H32N2O2/c26-21(24-12-14-27-15-13-24)16-25-20-9-5-4-8-19(20)22(23(25)18-10-11-18)17-6-2-1-3-7-17/h4-5,8-9,17-18,21,26H,1-3,6-7,10-16H2. The molecule has 3 fully saturated rings. The maximum atomic E-state index is 11.0. The van der Waals surface area contributed by atoms with Crippen LogP contribution in [0.15, 0.2) is 24.3 Å². The van der Waals surface area contributed by atoms with Crippen molar-refractivity contribution in [2.75, 3.05) is 26.3 Å². The number of fused-ring (bicyclic) bond motifs is 1. The van der Waals surface area contributed by atoms with Gasteiger partial charge in [0.2, 0.25) is 0 Å². The first-order valence-electron chi connectivity index (χ1n) is 10.9. The molecular weight excluding hydrogens is 336 g/mol. The lowest BCUT2D eigenvalue weighted by molar-refractivity contribution is -0.0649. The average molecular weight is 369 g/mol. The summed E-state index contributed by atoms with van der Waals surface area (Å²) < 4.78 is 7.95. The molecule has 2 saturated carbocycles. The molecule has 0 amide bonds. The van der Waals surface area contributed by atoms with Crippen LogP contribution in [0.1, 0.15) is 68.0 Å². The molecule has 0 spiro atoms. The largest absolute Gasteiger partial charge is 0.379 e. The molecule has 1 aromatic heterocycles. The first kappa shape index (κ1) is 17.7. The van der Waals surface area contributed by atoms with Crippen molar-refractivity contribution < 1.29 is 9.84 Å². The Morgan fingerprint density at radius 1 is 0.963 bits per heavy atom. The summed E-state index contributed by atoms with van der Waals surface area (Å²) >= 11 is 0. The highest BCUT2D eigenvalue weighted by Gasteiger charge is 2.35. The maximum Gasteiger partial charge on any atom is 0.125 e. The van der Waals surface area contributed by atoms with Gasteiger partial charge in [-0.2, -0.15) is 0 Å². The van der Waals surface area contributed by atoms with E-state index < -0.39 is 6.23 Å². The zero-order chi connectivity index (χ0) is 18.2. The summed E-state index contributed by atoms with van der Waals surface area (Å²) in [5, 5.41) is 12.4. The van der Waals surface area contributed by atoms with Crippen LogP contribution in [0.4, 0.5) is 0 Å². The number of hydrogen-bond donors (Lipinski definition) is 1. The van der Waals surface area contributed by atoms with Crippen molar-refractivity contribution in [2.45, 2.75) is 69.6 Å². The van der Waals surface area contributed by atoms with Crippen LogP contribution in [-0.2, 0) is 11.3 Å². The Morgan fingerprint density at radius 3 is 2.44 bits per heavy atom. The number of benzene rings is 1. The third-order valence-electron chi connectivity index (χ3n) is 6.84. The van der Waals surface area contributed by atoms with Crippen LogP contribution in [0.2, 0.25) is 0 Å².